The molecule has 0 atom stereocenters. The third-order valence-corrected chi connectivity index (χ3v) is 4.17. The number of halogens is 2. The Morgan fingerprint density at radius 2 is 1.90 bits per heavy atom. The number of carbonyl (C=O) groups excluding carboxylic acids is 2. The van der Waals surface area contributed by atoms with Gasteiger partial charge >= 0.3 is 0 Å². The number of hydrogen-bond acceptors (Lipinski definition) is 2. The second kappa shape index (κ2) is 4.74. The van der Waals surface area contributed by atoms with Gasteiger partial charge in [0, 0.05) is 10.7 Å². The summed E-state index contributed by atoms with van der Waals surface area (Å²) in [7, 11) is 0. The molecule has 0 aromatic heterocycles. The Hall–Kier alpha value is -1.62. The predicted octanol–water partition coefficient (Wildman–Crippen LogP) is 2.25. The van der Waals surface area contributed by atoms with Crippen LogP contribution in [0.1, 0.15) is 25.7 Å². The highest BCUT2D eigenvalue weighted by atomic mass is 35.5. The Morgan fingerprint density at radius 1 is 1.20 bits per heavy atom. The van der Waals surface area contributed by atoms with E-state index < -0.39 is 11.4 Å². The van der Waals surface area contributed by atoms with Crippen molar-refractivity contribution in [3.05, 3.63) is 29.0 Å². The molecule has 1 saturated carbocycles. The summed E-state index contributed by atoms with van der Waals surface area (Å²) in [6, 6.07) is 3.90. The van der Waals surface area contributed by atoms with Gasteiger partial charge in [-0.25, -0.2) is 4.39 Å². The number of piperazine rings is 1. The second-order valence-corrected chi connectivity index (χ2v) is 5.79. The second-order valence-electron chi connectivity index (χ2n) is 5.36. The van der Waals surface area contributed by atoms with Crippen molar-refractivity contribution in [2.75, 3.05) is 11.4 Å². The van der Waals surface area contributed by atoms with Crippen LogP contribution in [0.4, 0.5) is 10.1 Å². The van der Waals surface area contributed by atoms with Crippen LogP contribution in [0.5, 0.6) is 0 Å². The highest BCUT2D eigenvalue weighted by Gasteiger charge is 2.48. The van der Waals surface area contributed by atoms with Crippen LogP contribution in [0.15, 0.2) is 18.2 Å². The molecule has 1 spiro atoms. The average molecular weight is 297 g/mol. The first kappa shape index (κ1) is 13.4. The van der Waals surface area contributed by atoms with Gasteiger partial charge in [-0.3, -0.25) is 9.59 Å². The van der Waals surface area contributed by atoms with E-state index in [1.807, 2.05) is 0 Å². The molecule has 2 aliphatic rings. The quantitative estimate of drug-likeness (QED) is 0.864. The fourth-order valence-corrected chi connectivity index (χ4v) is 3.27. The molecule has 2 fully saturated rings. The lowest BCUT2D eigenvalue weighted by molar-refractivity contribution is -0.135. The summed E-state index contributed by atoms with van der Waals surface area (Å²) in [6.45, 7) is -0.0969. The lowest BCUT2D eigenvalue weighted by Gasteiger charge is -2.39. The number of rotatable bonds is 1. The van der Waals surface area contributed by atoms with Crippen molar-refractivity contribution in [3.8, 4) is 0 Å². The smallest absolute Gasteiger partial charge is 0.253 e. The van der Waals surface area contributed by atoms with Gasteiger partial charge in [-0.2, -0.15) is 0 Å². The molecule has 0 radical (unpaired) electrons. The maximum atomic E-state index is 13.5. The number of nitrogens with one attached hydrogen (secondary N) is 1. The molecule has 6 heteroatoms. The lowest BCUT2D eigenvalue weighted by Crippen LogP contribution is -2.65. The van der Waals surface area contributed by atoms with E-state index in [1.54, 1.807) is 0 Å². The van der Waals surface area contributed by atoms with Crippen molar-refractivity contribution >= 4 is 29.1 Å². The van der Waals surface area contributed by atoms with E-state index in [9.17, 15) is 14.0 Å². The third-order valence-electron chi connectivity index (χ3n) is 3.95. The minimum Gasteiger partial charge on any atom is -0.340 e. The van der Waals surface area contributed by atoms with Crippen LogP contribution in [-0.2, 0) is 9.59 Å². The lowest BCUT2D eigenvalue weighted by atomic mass is 9.92. The number of amides is 2. The molecule has 1 N–H and O–H groups in total. The van der Waals surface area contributed by atoms with E-state index in [2.05, 4.69) is 5.32 Å². The van der Waals surface area contributed by atoms with Crippen molar-refractivity contribution in [2.24, 2.45) is 0 Å². The number of carbonyl (C=O) groups is 2. The van der Waals surface area contributed by atoms with Crippen LogP contribution in [0.2, 0.25) is 5.02 Å². The largest absolute Gasteiger partial charge is 0.340 e. The van der Waals surface area contributed by atoms with Crippen molar-refractivity contribution < 1.29 is 14.0 Å². The molecule has 1 heterocycles. The van der Waals surface area contributed by atoms with Crippen LogP contribution in [-0.4, -0.2) is 23.9 Å². The normalized spacial score (nSPS) is 21.4. The van der Waals surface area contributed by atoms with Gasteiger partial charge in [0.05, 0.1) is 0 Å². The van der Waals surface area contributed by atoms with Gasteiger partial charge in [0.25, 0.3) is 5.91 Å². The Bertz CT molecular complexity index is 564. The average Bonchev–Trinajstić information content (AvgIpc) is 2.82. The predicted molar refractivity (Wildman–Crippen MR) is 73.1 cm³/mol. The molecule has 1 aliphatic heterocycles. The first-order chi connectivity index (χ1) is 9.50. The molecule has 4 nitrogen and oxygen atoms in total. The zero-order valence-electron chi connectivity index (χ0n) is 10.8. The molecule has 3 rings (SSSR count). The molecular formula is C14H14ClFN2O2. The summed E-state index contributed by atoms with van der Waals surface area (Å²) < 4.78 is 13.5. The summed E-state index contributed by atoms with van der Waals surface area (Å²) in [4.78, 5) is 25.9. The molecule has 20 heavy (non-hydrogen) atoms. The number of benzene rings is 1. The minimum absolute atomic E-state index is 0.0969. The zero-order valence-corrected chi connectivity index (χ0v) is 11.5. The third kappa shape index (κ3) is 2.16. The van der Waals surface area contributed by atoms with Crippen LogP contribution in [0.25, 0.3) is 0 Å². The van der Waals surface area contributed by atoms with Gasteiger partial charge < -0.3 is 10.2 Å². The molecular weight excluding hydrogens is 283 g/mol. The van der Waals surface area contributed by atoms with Crippen LogP contribution in [0, 0.1) is 5.82 Å². The Labute approximate surface area is 120 Å². The topological polar surface area (TPSA) is 49.4 Å². The Balaban J connectivity index is 1.99. The number of hydrogen-bond donors (Lipinski definition) is 1. The number of nitrogens with zero attached hydrogens (tertiary/aromatic N) is 1. The summed E-state index contributed by atoms with van der Waals surface area (Å²) in [5.74, 6) is -0.907. The SMILES string of the molecule is O=C1CN(c2cc(F)cc(Cl)c2)C(=O)C2(CCCC2)N1. The Kier molecular flexibility index (Phi) is 3.17. The van der Waals surface area contributed by atoms with E-state index in [4.69, 9.17) is 11.6 Å². The van der Waals surface area contributed by atoms with Gasteiger partial charge in [-0.05, 0) is 31.0 Å². The molecule has 1 aromatic carbocycles. The fourth-order valence-electron chi connectivity index (χ4n) is 3.05. The van der Waals surface area contributed by atoms with E-state index in [-0.39, 0.29) is 23.4 Å². The standard InChI is InChI=1S/C14H14ClFN2O2/c15-9-5-10(16)7-11(6-9)18-8-12(19)17-14(13(18)20)3-1-2-4-14/h5-7H,1-4,8H2,(H,17,19). The highest BCUT2D eigenvalue weighted by molar-refractivity contribution is 6.31. The van der Waals surface area contributed by atoms with Crippen molar-refractivity contribution in [1.82, 2.24) is 5.32 Å². The molecule has 1 saturated heterocycles. The van der Waals surface area contributed by atoms with Crippen LogP contribution in [0.3, 0.4) is 0 Å². The molecule has 1 aromatic rings. The van der Waals surface area contributed by atoms with E-state index in [0.717, 1.165) is 12.8 Å². The van der Waals surface area contributed by atoms with Crippen LogP contribution >= 0.6 is 11.6 Å². The van der Waals surface area contributed by atoms with E-state index >= 15 is 0 Å². The molecule has 1 aliphatic carbocycles. The highest BCUT2D eigenvalue weighted by Crippen LogP contribution is 2.35. The van der Waals surface area contributed by atoms with Crippen molar-refractivity contribution in [3.63, 3.8) is 0 Å². The van der Waals surface area contributed by atoms with Gasteiger partial charge in [0.1, 0.15) is 17.9 Å². The van der Waals surface area contributed by atoms with Crippen molar-refractivity contribution in [2.45, 2.75) is 31.2 Å². The summed E-state index contributed by atoms with van der Waals surface area (Å²) in [6.07, 6.45) is 3.09. The fraction of sp³-hybridized carbons (Fsp3) is 0.429. The zero-order chi connectivity index (χ0) is 14.3. The summed E-state index contributed by atoms with van der Waals surface area (Å²) >= 11 is 5.83. The van der Waals surface area contributed by atoms with Gasteiger partial charge in [-0.15, -0.1) is 0 Å². The first-order valence-corrected chi connectivity index (χ1v) is 6.97. The maximum Gasteiger partial charge on any atom is 0.253 e. The monoisotopic (exact) mass is 296 g/mol. The van der Waals surface area contributed by atoms with Gasteiger partial charge in [0.15, 0.2) is 0 Å². The van der Waals surface area contributed by atoms with E-state index in [1.165, 1.54) is 23.1 Å². The van der Waals surface area contributed by atoms with Crippen molar-refractivity contribution in [1.29, 1.82) is 0 Å². The molecule has 0 bridgehead atoms. The van der Waals surface area contributed by atoms with Crippen LogP contribution < -0.4 is 10.2 Å². The van der Waals surface area contributed by atoms with Gasteiger partial charge in [-0.1, -0.05) is 24.4 Å². The summed E-state index contributed by atoms with van der Waals surface area (Å²) in [5, 5.41) is 3.02. The maximum absolute atomic E-state index is 13.5. The van der Waals surface area contributed by atoms with E-state index in [0.29, 0.717) is 18.5 Å². The molecule has 2 amide bonds. The first-order valence-electron chi connectivity index (χ1n) is 6.59. The molecule has 106 valence electrons. The van der Waals surface area contributed by atoms with Gasteiger partial charge in [0.2, 0.25) is 5.91 Å². The molecule has 0 unspecified atom stereocenters. The number of anilines is 1. The summed E-state index contributed by atoms with van der Waals surface area (Å²) in [5.41, 5.74) is -0.477. The minimum atomic E-state index is -0.811. The Morgan fingerprint density at radius 3 is 2.55 bits per heavy atom.